The van der Waals surface area contributed by atoms with Crippen LogP contribution in [0, 0.1) is 5.41 Å². The van der Waals surface area contributed by atoms with Crippen LogP contribution in [-0.2, 0) is 9.53 Å². The third-order valence-electron chi connectivity index (χ3n) is 6.12. The SMILES string of the molecule is C=CCCCCCCCCC(=O)OCCC(CCCC)(CCCC)CCCC. The smallest absolute Gasteiger partial charge is 0.305 e. The molecule has 0 fully saturated rings. The number of unbranched alkanes of at least 4 members (excludes halogenated alkanes) is 9. The summed E-state index contributed by atoms with van der Waals surface area (Å²) >= 11 is 0. The highest BCUT2D eigenvalue weighted by atomic mass is 16.5. The zero-order valence-corrected chi connectivity index (χ0v) is 19.5. The lowest BCUT2D eigenvalue weighted by Gasteiger charge is -2.34. The number of hydrogen-bond acceptors (Lipinski definition) is 2. The van der Waals surface area contributed by atoms with E-state index >= 15 is 0 Å². The number of allylic oxidation sites excluding steroid dienone is 1. The average molecular weight is 395 g/mol. The topological polar surface area (TPSA) is 26.3 Å². The number of carbonyl (C=O) groups excluding carboxylic acids is 1. The second kappa shape index (κ2) is 19.5. The van der Waals surface area contributed by atoms with E-state index < -0.39 is 0 Å². The first kappa shape index (κ1) is 27.2. The van der Waals surface area contributed by atoms with E-state index in [1.54, 1.807) is 0 Å². The van der Waals surface area contributed by atoms with Crippen molar-refractivity contribution in [3.63, 3.8) is 0 Å². The van der Waals surface area contributed by atoms with Gasteiger partial charge >= 0.3 is 5.97 Å². The van der Waals surface area contributed by atoms with Crippen molar-refractivity contribution in [2.45, 2.75) is 136 Å². The van der Waals surface area contributed by atoms with E-state index in [2.05, 4.69) is 27.4 Å². The van der Waals surface area contributed by atoms with Gasteiger partial charge in [0.1, 0.15) is 0 Å². The van der Waals surface area contributed by atoms with Gasteiger partial charge in [-0.25, -0.2) is 0 Å². The summed E-state index contributed by atoms with van der Waals surface area (Å²) < 4.78 is 5.65. The van der Waals surface area contributed by atoms with Crippen LogP contribution < -0.4 is 0 Å². The molecule has 28 heavy (non-hydrogen) atoms. The minimum atomic E-state index is 0.0158. The molecule has 0 bridgehead atoms. The second-order valence-electron chi connectivity index (χ2n) is 8.73. The zero-order chi connectivity index (χ0) is 20.9. The lowest BCUT2D eigenvalue weighted by atomic mass is 9.72. The molecule has 0 atom stereocenters. The van der Waals surface area contributed by atoms with Gasteiger partial charge in [-0.3, -0.25) is 4.79 Å². The molecule has 0 aliphatic carbocycles. The molecule has 0 aliphatic rings. The summed E-state index contributed by atoms with van der Waals surface area (Å²) in [4.78, 5) is 12.1. The predicted octanol–water partition coefficient (Wildman–Crippen LogP) is 8.78. The Morgan fingerprint density at radius 3 is 1.75 bits per heavy atom. The third kappa shape index (κ3) is 15.2. The molecular formula is C26H50O2. The van der Waals surface area contributed by atoms with E-state index in [0.717, 1.165) is 25.7 Å². The van der Waals surface area contributed by atoms with Gasteiger partial charge in [-0.1, -0.05) is 91.1 Å². The Morgan fingerprint density at radius 1 is 0.750 bits per heavy atom. The van der Waals surface area contributed by atoms with Gasteiger partial charge in [0.05, 0.1) is 6.61 Å². The molecule has 0 aromatic rings. The number of hydrogen-bond donors (Lipinski definition) is 0. The van der Waals surface area contributed by atoms with Gasteiger partial charge in [0.25, 0.3) is 0 Å². The second-order valence-corrected chi connectivity index (χ2v) is 8.73. The van der Waals surface area contributed by atoms with Crippen LogP contribution in [0.4, 0.5) is 0 Å². The third-order valence-corrected chi connectivity index (χ3v) is 6.12. The first-order valence-electron chi connectivity index (χ1n) is 12.4. The van der Waals surface area contributed by atoms with Gasteiger partial charge in [-0.15, -0.1) is 6.58 Å². The number of carbonyl (C=O) groups is 1. The van der Waals surface area contributed by atoms with Gasteiger partial charge in [0, 0.05) is 6.42 Å². The van der Waals surface area contributed by atoms with Crippen molar-refractivity contribution in [3.8, 4) is 0 Å². The molecule has 2 heteroatoms. The fraction of sp³-hybridized carbons (Fsp3) is 0.885. The Labute approximate surface area is 176 Å². The first-order valence-corrected chi connectivity index (χ1v) is 12.4. The van der Waals surface area contributed by atoms with Gasteiger partial charge in [-0.2, -0.15) is 0 Å². The maximum Gasteiger partial charge on any atom is 0.305 e. The Hall–Kier alpha value is -0.790. The molecule has 0 heterocycles. The summed E-state index contributed by atoms with van der Waals surface area (Å²) in [6.07, 6.45) is 23.5. The summed E-state index contributed by atoms with van der Waals surface area (Å²) in [5.74, 6) is 0.0158. The molecule has 0 amide bonds. The largest absolute Gasteiger partial charge is 0.466 e. The number of rotatable bonds is 21. The van der Waals surface area contributed by atoms with Crippen molar-refractivity contribution >= 4 is 5.97 Å². The molecule has 0 radical (unpaired) electrons. The fourth-order valence-electron chi connectivity index (χ4n) is 4.12. The van der Waals surface area contributed by atoms with Gasteiger partial charge in [-0.05, 0) is 50.4 Å². The van der Waals surface area contributed by atoms with Gasteiger partial charge < -0.3 is 4.74 Å². The highest BCUT2D eigenvalue weighted by molar-refractivity contribution is 5.69. The van der Waals surface area contributed by atoms with Crippen molar-refractivity contribution in [1.29, 1.82) is 0 Å². The molecule has 0 aromatic heterocycles. The summed E-state index contributed by atoms with van der Waals surface area (Å²) in [5, 5.41) is 0. The molecular weight excluding hydrogens is 344 g/mol. The number of ether oxygens (including phenoxy) is 1. The molecule has 0 N–H and O–H groups in total. The Kier molecular flexibility index (Phi) is 19.0. The molecule has 2 nitrogen and oxygen atoms in total. The molecule has 0 rings (SSSR count). The van der Waals surface area contributed by atoms with Crippen molar-refractivity contribution < 1.29 is 9.53 Å². The minimum Gasteiger partial charge on any atom is -0.466 e. The molecule has 0 saturated carbocycles. The van der Waals surface area contributed by atoms with Crippen LogP contribution in [0.2, 0.25) is 0 Å². The van der Waals surface area contributed by atoms with Gasteiger partial charge in [0.2, 0.25) is 0 Å². The summed E-state index contributed by atoms with van der Waals surface area (Å²) in [6, 6.07) is 0. The summed E-state index contributed by atoms with van der Waals surface area (Å²) in [7, 11) is 0. The normalized spacial score (nSPS) is 11.5. The van der Waals surface area contributed by atoms with Crippen molar-refractivity contribution in [2.75, 3.05) is 6.61 Å². The zero-order valence-electron chi connectivity index (χ0n) is 19.5. The minimum absolute atomic E-state index is 0.0158. The van der Waals surface area contributed by atoms with E-state index in [-0.39, 0.29) is 5.97 Å². The Balaban J connectivity index is 4.13. The van der Waals surface area contributed by atoms with Gasteiger partial charge in [0.15, 0.2) is 0 Å². The molecule has 0 saturated heterocycles. The molecule has 0 spiro atoms. The van der Waals surface area contributed by atoms with Crippen LogP contribution in [0.5, 0.6) is 0 Å². The molecule has 0 aromatic carbocycles. The first-order chi connectivity index (χ1) is 13.6. The van der Waals surface area contributed by atoms with Crippen molar-refractivity contribution in [3.05, 3.63) is 12.7 Å². The lowest BCUT2D eigenvalue weighted by Crippen LogP contribution is -2.24. The van der Waals surface area contributed by atoms with Crippen molar-refractivity contribution in [2.24, 2.45) is 5.41 Å². The Morgan fingerprint density at radius 2 is 1.25 bits per heavy atom. The van der Waals surface area contributed by atoms with Crippen LogP contribution in [0.15, 0.2) is 12.7 Å². The monoisotopic (exact) mass is 394 g/mol. The Bertz CT molecular complexity index is 340. The lowest BCUT2D eigenvalue weighted by molar-refractivity contribution is -0.144. The van der Waals surface area contributed by atoms with Crippen LogP contribution in [0.3, 0.4) is 0 Å². The highest BCUT2D eigenvalue weighted by Crippen LogP contribution is 2.40. The molecule has 0 unspecified atom stereocenters. The quantitative estimate of drug-likeness (QED) is 0.110. The van der Waals surface area contributed by atoms with E-state index in [1.165, 1.54) is 83.5 Å². The summed E-state index contributed by atoms with van der Waals surface area (Å²) in [5.41, 5.74) is 0.397. The van der Waals surface area contributed by atoms with E-state index in [9.17, 15) is 4.79 Å². The van der Waals surface area contributed by atoms with Crippen LogP contribution in [-0.4, -0.2) is 12.6 Å². The van der Waals surface area contributed by atoms with E-state index in [4.69, 9.17) is 4.74 Å². The predicted molar refractivity (Wildman–Crippen MR) is 124 cm³/mol. The standard InChI is InChI=1S/C26H50O2/c1-5-9-13-14-15-16-17-18-19-25(27)28-24-23-26(20-10-6-2,21-11-7-3)22-12-8-4/h5H,1,6-24H2,2-4H3. The fourth-order valence-corrected chi connectivity index (χ4v) is 4.12. The maximum absolute atomic E-state index is 12.1. The van der Waals surface area contributed by atoms with E-state index in [0.29, 0.717) is 18.4 Å². The van der Waals surface area contributed by atoms with E-state index in [1.807, 2.05) is 6.08 Å². The maximum atomic E-state index is 12.1. The van der Waals surface area contributed by atoms with Crippen LogP contribution in [0.1, 0.15) is 136 Å². The average Bonchev–Trinajstić information content (AvgIpc) is 2.70. The van der Waals surface area contributed by atoms with Crippen LogP contribution >= 0.6 is 0 Å². The van der Waals surface area contributed by atoms with Crippen molar-refractivity contribution in [1.82, 2.24) is 0 Å². The summed E-state index contributed by atoms with van der Waals surface area (Å²) in [6.45, 7) is 11.2. The van der Waals surface area contributed by atoms with Crippen LogP contribution in [0.25, 0.3) is 0 Å². The number of esters is 1. The molecule has 0 aliphatic heterocycles. The highest BCUT2D eigenvalue weighted by Gasteiger charge is 2.28. The molecule has 166 valence electrons.